The molecule has 2 aromatic rings. The van der Waals surface area contributed by atoms with Crippen LogP contribution in [0.1, 0.15) is 67.2 Å². The standard InChI is InChI=1S/C24H26F6N2O/c1-15(16-12-18(23(25,26)27)14-19(13-16)24(28,29)30)21(33)32-22(10-4-3-5-11-22)17-6-8-20(31-2)9-7-17/h6-9,12-15,31H,3-5,10-11H2,1-2H3,(H,32,33)/t15-/m0/s1. The van der Waals surface area contributed by atoms with Crippen molar-refractivity contribution in [2.75, 3.05) is 12.4 Å². The average molecular weight is 472 g/mol. The molecule has 1 atom stereocenters. The van der Waals surface area contributed by atoms with E-state index in [2.05, 4.69) is 10.6 Å². The summed E-state index contributed by atoms with van der Waals surface area (Å²) in [4.78, 5) is 13.1. The SMILES string of the molecule is CNc1ccc(C2(NC(=O)[C@@H](C)c3cc(C(F)(F)F)cc(C(F)(F)F)c3)CCCCC2)cc1. The summed E-state index contributed by atoms with van der Waals surface area (Å²) < 4.78 is 79.5. The predicted octanol–water partition coefficient (Wildman–Crippen LogP) is 6.85. The lowest BCUT2D eigenvalue weighted by molar-refractivity contribution is -0.143. The molecule has 1 aliphatic carbocycles. The number of benzene rings is 2. The second-order valence-corrected chi connectivity index (χ2v) is 8.52. The second kappa shape index (κ2) is 9.27. The number of halogens is 6. The quantitative estimate of drug-likeness (QED) is 0.468. The summed E-state index contributed by atoms with van der Waals surface area (Å²) in [5.41, 5.74) is -2.16. The number of alkyl halides is 6. The van der Waals surface area contributed by atoms with Gasteiger partial charge >= 0.3 is 12.4 Å². The van der Waals surface area contributed by atoms with Crippen molar-refractivity contribution >= 4 is 11.6 Å². The molecule has 0 aromatic heterocycles. The average Bonchev–Trinajstić information content (AvgIpc) is 2.77. The maximum absolute atomic E-state index is 13.2. The molecule has 0 unspecified atom stereocenters. The Hall–Kier alpha value is -2.71. The fourth-order valence-corrected chi connectivity index (χ4v) is 4.32. The van der Waals surface area contributed by atoms with Crippen LogP contribution in [0.5, 0.6) is 0 Å². The molecule has 33 heavy (non-hydrogen) atoms. The maximum atomic E-state index is 13.2. The van der Waals surface area contributed by atoms with Gasteiger partial charge in [0.05, 0.1) is 22.6 Å². The van der Waals surface area contributed by atoms with Crippen LogP contribution in [-0.2, 0) is 22.7 Å². The van der Waals surface area contributed by atoms with Crippen molar-refractivity contribution in [1.29, 1.82) is 0 Å². The van der Waals surface area contributed by atoms with Crippen LogP contribution in [0.25, 0.3) is 0 Å². The molecule has 0 aliphatic heterocycles. The van der Waals surface area contributed by atoms with Gasteiger partial charge in [-0.25, -0.2) is 0 Å². The van der Waals surface area contributed by atoms with E-state index >= 15 is 0 Å². The van der Waals surface area contributed by atoms with E-state index in [0.717, 1.165) is 30.5 Å². The van der Waals surface area contributed by atoms with Gasteiger partial charge in [-0.15, -0.1) is 0 Å². The summed E-state index contributed by atoms with van der Waals surface area (Å²) in [6, 6.07) is 8.80. The highest BCUT2D eigenvalue weighted by atomic mass is 19.4. The van der Waals surface area contributed by atoms with E-state index in [1.165, 1.54) is 6.92 Å². The van der Waals surface area contributed by atoms with E-state index in [1.54, 1.807) is 7.05 Å². The molecule has 1 saturated carbocycles. The molecule has 9 heteroatoms. The first-order valence-corrected chi connectivity index (χ1v) is 10.8. The Balaban J connectivity index is 1.94. The number of amides is 1. The molecule has 3 nitrogen and oxygen atoms in total. The normalized spacial score (nSPS) is 17.3. The van der Waals surface area contributed by atoms with Gasteiger partial charge in [0.2, 0.25) is 5.91 Å². The molecular formula is C24H26F6N2O. The Morgan fingerprint density at radius 3 is 1.85 bits per heavy atom. The fraction of sp³-hybridized carbons (Fsp3) is 0.458. The first-order chi connectivity index (χ1) is 15.4. The molecule has 1 aliphatic rings. The lowest BCUT2D eigenvalue weighted by Gasteiger charge is -2.39. The van der Waals surface area contributed by atoms with Crippen LogP contribution in [0.3, 0.4) is 0 Å². The Bertz CT molecular complexity index is 944. The van der Waals surface area contributed by atoms with Gasteiger partial charge in [-0.2, -0.15) is 26.3 Å². The highest BCUT2D eigenvalue weighted by molar-refractivity contribution is 5.84. The van der Waals surface area contributed by atoms with Crippen LogP contribution in [0.4, 0.5) is 32.0 Å². The second-order valence-electron chi connectivity index (χ2n) is 8.52. The van der Waals surface area contributed by atoms with E-state index < -0.39 is 40.8 Å². The van der Waals surface area contributed by atoms with Gasteiger partial charge in [0, 0.05) is 12.7 Å². The van der Waals surface area contributed by atoms with Crippen LogP contribution in [-0.4, -0.2) is 13.0 Å². The van der Waals surface area contributed by atoms with Crippen LogP contribution in [0.2, 0.25) is 0 Å². The third-order valence-electron chi connectivity index (χ3n) is 6.30. The molecule has 0 bridgehead atoms. The first-order valence-electron chi connectivity index (χ1n) is 10.8. The molecule has 3 rings (SSSR count). The largest absolute Gasteiger partial charge is 0.416 e. The van der Waals surface area contributed by atoms with Gasteiger partial charge in [0.25, 0.3) is 0 Å². The molecule has 0 saturated heterocycles. The summed E-state index contributed by atoms with van der Waals surface area (Å²) in [6.45, 7) is 1.33. The lowest BCUT2D eigenvalue weighted by atomic mass is 9.76. The minimum Gasteiger partial charge on any atom is -0.388 e. The van der Waals surface area contributed by atoms with Crippen LogP contribution in [0.15, 0.2) is 42.5 Å². The van der Waals surface area contributed by atoms with Crippen molar-refractivity contribution in [3.63, 3.8) is 0 Å². The van der Waals surface area contributed by atoms with Crippen LogP contribution >= 0.6 is 0 Å². The van der Waals surface area contributed by atoms with E-state index in [9.17, 15) is 31.1 Å². The number of anilines is 1. The van der Waals surface area contributed by atoms with Crippen LogP contribution in [0, 0.1) is 0 Å². The lowest BCUT2D eigenvalue weighted by Crippen LogP contribution is -2.48. The highest BCUT2D eigenvalue weighted by Crippen LogP contribution is 2.40. The molecule has 0 radical (unpaired) electrons. The fourth-order valence-electron chi connectivity index (χ4n) is 4.32. The third-order valence-corrected chi connectivity index (χ3v) is 6.30. The van der Waals surface area contributed by atoms with E-state index in [4.69, 9.17) is 0 Å². The third kappa shape index (κ3) is 5.62. The summed E-state index contributed by atoms with van der Waals surface area (Å²) in [6.07, 6.45) is -5.96. The molecule has 0 spiro atoms. The minimum absolute atomic E-state index is 0.0695. The number of hydrogen-bond donors (Lipinski definition) is 2. The van der Waals surface area contributed by atoms with E-state index in [-0.39, 0.29) is 11.6 Å². The van der Waals surface area contributed by atoms with Crippen LogP contribution < -0.4 is 10.6 Å². The van der Waals surface area contributed by atoms with Gasteiger partial charge in [0.1, 0.15) is 0 Å². The van der Waals surface area contributed by atoms with Crippen molar-refractivity contribution in [1.82, 2.24) is 5.32 Å². The monoisotopic (exact) mass is 472 g/mol. The predicted molar refractivity (Wildman–Crippen MR) is 114 cm³/mol. The molecule has 2 N–H and O–H groups in total. The molecule has 180 valence electrons. The van der Waals surface area contributed by atoms with Crippen molar-refractivity contribution in [3.05, 3.63) is 64.7 Å². The van der Waals surface area contributed by atoms with Gasteiger partial charge in [-0.05, 0) is 61.2 Å². The molecule has 0 heterocycles. The summed E-state index contributed by atoms with van der Waals surface area (Å²) >= 11 is 0. The molecule has 1 fully saturated rings. The number of hydrogen-bond acceptors (Lipinski definition) is 2. The van der Waals surface area contributed by atoms with E-state index in [1.807, 2.05) is 24.3 Å². The highest BCUT2D eigenvalue weighted by Gasteiger charge is 2.39. The van der Waals surface area contributed by atoms with Gasteiger partial charge in [0.15, 0.2) is 0 Å². The molecular weight excluding hydrogens is 446 g/mol. The topological polar surface area (TPSA) is 41.1 Å². The maximum Gasteiger partial charge on any atom is 0.416 e. The zero-order valence-corrected chi connectivity index (χ0v) is 18.3. The smallest absolute Gasteiger partial charge is 0.388 e. The minimum atomic E-state index is -4.97. The van der Waals surface area contributed by atoms with Crippen molar-refractivity contribution < 1.29 is 31.1 Å². The molecule has 1 amide bonds. The Labute approximate surface area is 188 Å². The van der Waals surface area contributed by atoms with E-state index in [0.29, 0.717) is 25.0 Å². The number of carbonyl (C=O) groups excluding carboxylic acids is 1. The Morgan fingerprint density at radius 2 is 1.39 bits per heavy atom. The van der Waals surface area contributed by atoms with Gasteiger partial charge < -0.3 is 10.6 Å². The zero-order chi connectivity index (χ0) is 24.4. The summed E-state index contributed by atoms with van der Waals surface area (Å²) in [5, 5.41) is 5.99. The van der Waals surface area contributed by atoms with Crippen molar-refractivity contribution in [2.45, 2.75) is 62.8 Å². The molecule has 2 aromatic carbocycles. The number of rotatable bonds is 5. The summed E-state index contributed by atoms with van der Waals surface area (Å²) in [5.74, 6) is -1.81. The Kier molecular flexibility index (Phi) is 7.00. The number of carbonyl (C=O) groups is 1. The zero-order valence-electron chi connectivity index (χ0n) is 18.3. The Morgan fingerprint density at radius 1 is 0.879 bits per heavy atom. The first kappa shape index (κ1) is 24.9. The summed E-state index contributed by atoms with van der Waals surface area (Å²) in [7, 11) is 1.78. The van der Waals surface area contributed by atoms with Crippen molar-refractivity contribution in [2.24, 2.45) is 0 Å². The van der Waals surface area contributed by atoms with Gasteiger partial charge in [-0.3, -0.25) is 4.79 Å². The van der Waals surface area contributed by atoms with Gasteiger partial charge in [-0.1, -0.05) is 31.4 Å². The van der Waals surface area contributed by atoms with Crippen molar-refractivity contribution in [3.8, 4) is 0 Å². The number of nitrogens with one attached hydrogen (secondary N) is 2.